The van der Waals surface area contributed by atoms with Gasteiger partial charge in [0.05, 0.1) is 5.39 Å². The van der Waals surface area contributed by atoms with Crippen molar-refractivity contribution in [3.8, 4) is 11.1 Å². The summed E-state index contributed by atoms with van der Waals surface area (Å²) in [5.41, 5.74) is 2.66. The van der Waals surface area contributed by atoms with Gasteiger partial charge in [-0.25, -0.2) is 4.98 Å². The zero-order valence-electron chi connectivity index (χ0n) is 13.2. The fourth-order valence-corrected chi connectivity index (χ4v) is 3.08. The highest BCUT2D eigenvalue weighted by Gasteiger charge is 2.23. The lowest BCUT2D eigenvalue weighted by Crippen LogP contribution is -2.28. The standard InChI is InChI=1S/C18H18N4O2/c23-18(13-7-10-24-11-8-13)20-17-15-14(12-4-2-1-3-5-12)6-9-19-16(15)21-22-17/h1-6,9,13H,7-8,10-11H2,(H2,19,20,21,22,23). The summed E-state index contributed by atoms with van der Waals surface area (Å²) in [7, 11) is 0. The number of hydrogen-bond acceptors (Lipinski definition) is 4. The Morgan fingerprint density at radius 1 is 1.17 bits per heavy atom. The number of carbonyl (C=O) groups excluding carboxylic acids is 1. The van der Waals surface area contributed by atoms with Crippen LogP contribution in [0.15, 0.2) is 42.6 Å². The van der Waals surface area contributed by atoms with Crippen LogP contribution in [0.4, 0.5) is 5.82 Å². The van der Waals surface area contributed by atoms with Gasteiger partial charge in [-0.3, -0.25) is 9.89 Å². The van der Waals surface area contributed by atoms with Crippen LogP contribution in [-0.2, 0) is 9.53 Å². The average molecular weight is 322 g/mol. The van der Waals surface area contributed by atoms with E-state index in [1.807, 2.05) is 36.4 Å². The molecular formula is C18H18N4O2. The molecule has 0 saturated carbocycles. The van der Waals surface area contributed by atoms with Crippen LogP contribution in [0.2, 0.25) is 0 Å². The van der Waals surface area contributed by atoms with Crippen LogP contribution in [0.5, 0.6) is 0 Å². The predicted molar refractivity (Wildman–Crippen MR) is 91.5 cm³/mol. The molecule has 1 aliphatic rings. The zero-order chi connectivity index (χ0) is 16.4. The highest BCUT2D eigenvalue weighted by atomic mass is 16.5. The number of nitrogens with one attached hydrogen (secondary N) is 2. The van der Waals surface area contributed by atoms with Gasteiger partial charge in [0.15, 0.2) is 5.65 Å². The molecule has 2 aromatic heterocycles. The van der Waals surface area contributed by atoms with Gasteiger partial charge in [0.25, 0.3) is 0 Å². The topological polar surface area (TPSA) is 79.9 Å². The summed E-state index contributed by atoms with van der Waals surface area (Å²) < 4.78 is 5.32. The van der Waals surface area contributed by atoms with E-state index in [-0.39, 0.29) is 11.8 Å². The third kappa shape index (κ3) is 2.76. The number of rotatable bonds is 3. The number of H-pyrrole nitrogens is 1. The molecule has 0 atom stereocenters. The monoisotopic (exact) mass is 322 g/mol. The summed E-state index contributed by atoms with van der Waals surface area (Å²) in [5.74, 6) is 0.592. The Morgan fingerprint density at radius 2 is 1.96 bits per heavy atom. The number of aromatic nitrogens is 3. The lowest BCUT2D eigenvalue weighted by atomic mass is 9.99. The molecule has 2 N–H and O–H groups in total. The molecule has 122 valence electrons. The summed E-state index contributed by atoms with van der Waals surface area (Å²) in [6.07, 6.45) is 3.24. The molecule has 0 unspecified atom stereocenters. The van der Waals surface area contributed by atoms with Crippen molar-refractivity contribution in [2.75, 3.05) is 18.5 Å². The average Bonchev–Trinajstić information content (AvgIpc) is 3.06. The van der Waals surface area contributed by atoms with Crippen LogP contribution in [-0.4, -0.2) is 34.3 Å². The van der Waals surface area contributed by atoms with Crippen molar-refractivity contribution in [3.63, 3.8) is 0 Å². The summed E-state index contributed by atoms with van der Waals surface area (Å²) in [6.45, 7) is 1.28. The van der Waals surface area contributed by atoms with Crippen LogP contribution in [0.1, 0.15) is 12.8 Å². The molecule has 3 heterocycles. The number of aromatic amines is 1. The van der Waals surface area contributed by atoms with Crippen molar-refractivity contribution in [2.45, 2.75) is 12.8 Å². The highest BCUT2D eigenvalue weighted by Crippen LogP contribution is 2.31. The van der Waals surface area contributed by atoms with Crippen molar-refractivity contribution < 1.29 is 9.53 Å². The first-order valence-electron chi connectivity index (χ1n) is 8.10. The number of benzene rings is 1. The highest BCUT2D eigenvalue weighted by molar-refractivity contribution is 6.05. The quantitative estimate of drug-likeness (QED) is 0.777. The van der Waals surface area contributed by atoms with E-state index < -0.39 is 0 Å². The molecule has 4 rings (SSSR count). The van der Waals surface area contributed by atoms with E-state index in [1.54, 1.807) is 6.20 Å². The number of ether oxygens (including phenoxy) is 1. The van der Waals surface area contributed by atoms with E-state index in [0.29, 0.717) is 24.7 Å². The molecule has 1 saturated heterocycles. The zero-order valence-corrected chi connectivity index (χ0v) is 13.2. The molecule has 0 bridgehead atoms. The van der Waals surface area contributed by atoms with Crippen molar-refractivity contribution in [2.24, 2.45) is 5.92 Å². The van der Waals surface area contributed by atoms with Crippen molar-refractivity contribution >= 4 is 22.8 Å². The summed E-state index contributed by atoms with van der Waals surface area (Å²) >= 11 is 0. The van der Waals surface area contributed by atoms with Gasteiger partial charge in [-0.05, 0) is 30.0 Å². The fourth-order valence-electron chi connectivity index (χ4n) is 3.08. The molecule has 0 spiro atoms. The maximum absolute atomic E-state index is 12.5. The first-order valence-corrected chi connectivity index (χ1v) is 8.10. The van der Waals surface area contributed by atoms with Gasteiger partial charge in [0.2, 0.25) is 5.91 Å². The molecular weight excluding hydrogens is 304 g/mol. The Hall–Kier alpha value is -2.73. The Bertz CT molecular complexity index is 854. The normalized spacial score (nSPS) is 15.5. The minimum atomic E-state index is -0.0195. The molecule has 6 heteroatoms. The third-order valence-electron chi connectivity index (χ3n) is 4.38. The molecule has 1 aromatic carbocycles. The van der Waals surface area contributed by atoms with E-state index >= 15 is 0 Å². The second kappa shape index (κ2) is 6.41. The smallest absolute Gasteiger partial charge is 0.228 e. The van der Waals surface area contributed by atoms with Crippen molar-refractivity contribution in [1.29, 1.82) is 0 Å². The predicted octanol–water partition coefficient (Wildman–Crippen LogP) is 2.99. The molecule has 1 fully saturated rings. The van der Waals surface area contributed by atoms with Gasteiger partial charge in [-0.1, -0.05) is 30.3 Å². The van der Waals surface area contributed by atoms with E-state index in [9.17, 15) is 4.79 Å². The molecule has 1 amide bonds. The van der Waals surface area contributed by atoms with Gasteiger partial charge in [-0.15, -0.1) is 0 Å². The summed E-state index contributed by atoms with van der Waals surface area (Å²) in [5, 5.41) is 11.0. The maximum Gasteiger partial charge on any atom is 0.228 e. The number of hydrogen-bond donors (Lipinski definition) is 2. The molecule has 0 radical (unpaired) electrons. The Labute approximate surface area is 139 Å². The first-order chi connectivity index (χ1) is 11.8. The van der Waals surface area contributed by atoms with E-state index in [4.69, 9.17) is 4.74 Å². The minimum Gasteiger partial charge on any atom is -0.381 e. The lowest BCUT2D eigenvalue weighted by molar-refractivity contribution is -0.122. The second-order valence-corrected chi connectivity index (χ2v) is 5.90. The third-order valence-corrected chi connectivity index (χ3v) is 4.38. The second-order valence-electron chi connectivity index (χ2n) is 5.90. The van der Waals surface area contributed by atoms with Gasteiger partial charge >= 0.3 is 0 Å². The van der Waals surface area contributed by atoms with Crippen LogP contribution in [0.3, 0.4) is 0 Å². The number of anilines is 1. The van der Waals surface area contributed by atoms with E-state index in [1.165, 1.54) is 0 Å². The number of amides is 1. The van der Waals surface area contributed by atoms with Crippen LogP contribution >= 0.6 is 0 Å². The van der Waals surface area contributed by atoms with Gasteiger partial charge in [0, 0.05) is 25.3 Å². The Kier molecular flexibility index (Phi) is 3.96. The molecule has 0 aliphatic carbocycles. The maximum atomic E-state index is 12.5. The molecule has 6 nitrogen and oxygen atoms in total. The Balaban J connectivity index is 1.70. The molecule has 1 aliphatic heterocycles. The molecule has 24 heavy (non-hydrogen) atoms. The summed E-state index contributed by atoms with van der Waals surface area (Å²) in [4.78, 5) is 16.8. The van der Waals surface area contributed by atoms with Crippen LogP contribution in [0, 0.1) is 5.92 Å². The van der Waals surface area contributed by atoms with Crippen molar-refractivity contribution in [3.05, 3.63) is 42.6 Å². The van der Waals surface area contributed by atoms with Gasteiger partial charge in [0.1, 0.15) is 5.82 Å². The van der Waals surface area contributed by atoms with Crippen LogP contribution in [0.25, 0.3) is 22.2 Å². The summed E-state index contributed by atoms with van der Waals surface area (Å²) in [6, 6.07) is 12.0. The first kappa shape index (κ1) is 14.8. The van der Waals surface area contributed by atoms with Gasteiger partial charge in [-0.2, -0.15) is 5.10 Å². The largest absolute Gasteiger partial charge is 0.381 e. The number of pyridine rings is 1. The van der Waals surface area contributed by atoms with Crippen molar-refractivity contribution in [1.82, 2.24) is 15.2 Å². The lowest BCUT2D eigenvalue weighted by Gasteiger charge is -2.20. The number of nitrogens with zero attached hydrogens (tertiary/aromatic N) is 2. The van der Waals surface area contributed by atoms with Gasteiger partial charge < -0.3 is 10.1 Å². The molecule has 3 aromatic rings. The SMILES string of the molecule is O=C(Nc1[nH]nc2nccc(-c3ccccc3)c12)C1CCOCC1. The number of carbonyl (C=O) groups is 1. The van der Waals surface area contributed by atoms with E-state index in [2.05, 4.69) is 20.5 Å². The fraction of sp³-hybridized carbons (Fsp3) is 0.278. The minimum absolute atomic E-state index is 0.00622. The van der Waals surface area contributed by atoms with E-state index in [0.717, 1.165) is 29.4 Å². The Morgan fingerprint density at radius 3 is 2.75 bits per heavy atom. The number of fused-ring (bicyclic) bond motifs is 1. The van der Waals surface area contributed by atoms with Crippen LogP contribution < -0.4 is 5.32 Å².